The standard InChI is InChI=1S/C17H29N3/c1-14-7-6-11-20(12-9-14)16-15(8-5-10-18-16)13-19-17(2,3)4/h5,8,10,14,19H,6-7,9,11-13H2,1-4H3. The van der Waals surface area contributed by atoms with Gasteiger partial charge in [0.1, 0.15) is 5.82 Å². The summed E-state index contributed by atoms with van der Waals surface area (Å²) < 4.78 is 0. The van der Waals surface area contributed by atoms with Gasteiger partial charge in [0.2, 0.25) is 0 Å². The molecule has 0 radical (unpaired) electrons. The van der Waals surface area contributed by atoms with Crippen molar-refractivity contribution in [1.82, 2.24) is 10.3 Å². The molecule has 1 N–H and O–H groups in total. The number of nitrogens with zero attached hydrogens (tertiary/aromatic N) is 2. The number of anilines is 1. The smallest absolute Gasteiger partial charge is 0.133 e. The zero-order valence-electron chi connectivity index (χ0n) is 13.4. The maximum Gasteiger partial charge on any atom is 0.133 e. The van der Waals surface area contributed by atoms with Crippen molar-refractivity contribution in [1.29, 1.82) is 0 Å². The predicted octanol–water partition coefficient (Wildman–Crippen LogP) is 3.60. The van der Waals surface area contributed by atoms with Crippen LogP contribution in [0.3, 0.4) is 0 Å². The maximum absolute atomic E-state index is 4.66. The van der Waals surface area contributed by atoms with E-state index in [0.29, 0.717) is 0 Å². The van der Waals surface area contributed by atoms with Crippen molar-refractivity contribution < 1.29 is 0 Å². The molecule has 1 aromatic heterocycles. The Morgan fingerprint density at radius 3 is 2.85 bits per heavy atom. The third kappa shape index (κ3) is 4.48. The lowest BCUT2D eigenvalue weighted by Gasteiger charge is -2.26. The summed E-state index contributed by atoms with van der Waals surface area (Å²) in [4.78, 5) is 7.13. The van der Waals surface area contributed by atoms with Gasteiger partial charge in [-0.3, -0.25) is 0 Å². The second-order valence-corrected chi connectivity index (χ2v) is 7.11. The van der Waals surface area contributed by atoms with Gasteiger partial charge >= 0.3 is 0 Å². The number of pyridine rings is 1. The summed E-state index contributed by atoms with van der Waals surface area (Å²) in [5, 5.41) is 3.58. The maximum atomic E-state index is 4.66. The molecule has 1 aliphatic rings. The van der Waals surface area contributed by atoms with Gasteiger partial charge in [0.15, 0.2) is 0 Å². The van der Waals surface area contributed by atoms with Gasteiger partial charge < -0.3 is 10.2 Å². The average Bonchev–Trinajstić information content (AvgIpc) is 2.61. The number of aromatic nitrogens is 1. The third-order valence-electron chi connectivity index (χ3n) is 3.99. The van der Waals surface area contributed by atoms with Crippen LogP contribution in [0, 0.1) is 5.92 Å². The van der Waals surface area contributed by atoms with Gasteiger partial charge in [-0.2, -0.15) is 0 Å². The molecular formula is C17H29N3. The van der Waals surface area contributed by atoms with Gasteiger partial charge in [0.25, 0.3) is 0 Å². The lowest BCUT2D eigenvalue weighted by Crippen LogP contribution is -2.36. The molecule has 1 aliphatic heterocycles. The molecule has 2 heterocycles. The molecule has 0 saturated carbocycles. The fourth-order valence-corrected chi connectivity index (χ4v) is 2.69. The molecule has 20 heavy (non-hydrogen) atoms. The van der Waals surface area contributed by atoms with Crippen LogP contribution in [0.25, 0.3) is 0 Å². The van der Waals surface area contributed by atoms with Crippen molar-refractivity contribution in [2.24, 2.45) is 5.92 Å². The molecule has 1 fully saturated rings. The average molecular weight is 275 g/mol. The SMILES string of the molecule is CC1CCCN(c2ncccc2CNC(C)(C)C)CC1. The van der Waals surface area contributed by atoms with E-state index in [2.05, 4.69) is 49.0 Å². The van der Waals surface area contributed by atoms with E-state index in [1.165, 1.54) is 30.6 Å². The molecule has 0 aromatic carbocycles. The van der Waals surface area contributed by atoms with E-state index >= 15 is 0 Å². The molecule has 0 aliphatic carbocycles. The second kappa shape index (κ2) is 6.57. The summed E-state index contributed by atoms with van der Waals surface area (Å²) in [5.41, 5.74) is 1.46. The number of nitrogens with one attached hydrogen (secondary N) is 1. The molecule has 2 rings (SSSR count). The molecule has 0 amide bonds. The van der Waals surface area contributed by atoms with E-state index in [-0.39, 0.29) is 5.54 Å². The summed E-state index contributed by atoms with van der Waals surface area (Å²) in [6, 6.07) is 4.25. The van der Waals surface area contributed by atoms with Crippen LogP contribution < -0.4 is 10.2 Å². The second-order valence-electron chi connectivity index (χ2n) is 7.11. The predicted molar refractivity (Wildman–Crippen MR) is 86.1 cm³/mol. The van der Waals surface area contributed by atoms with Crippen LogP contribution in [0.15, 0.2) is 18.3 Å². The number of hydrogen-bond acceptors (Lipinski definition) is 3. The highest BCUT2D eigenvalue weighted by Crippen LogP contribution is 2.24. The van der Waals surface area contributed by atoms with E-state index in [0.717, 1.165) is 25.6 Å². The van der Waals surface area contributed by atoms with Gasteiger partial charge in [0, 0.05) is 36.9 Å². The van der Waals surface area contributed by atoms with Crippen LogP contribution in [0.1, 0.15) is 52.5 Å². The minimum Gasteiger partial charge on any atom is -0.356 e. The van der Waals surface area contributed by atoms with Crippen molar-refractivity contribution in [2.45, 2.75) is 59.0 Å². The summed E-state index contributed by atoms with van der Waals surface area (Å²) >= 11 is 0. The molecule has 0 spiro atoms. The lowest BCUT2D eigenvalue weighted by molar-refractivity contribution is 0.424. The van der Waals surface area contributed by atoms with E-state index in [4.69, 9.17) is 0 Å². The molecule has 0 bridgehead atoms. The van der Waals surface area contributed by atoms with Crippen LogP contribution in [-0.2, 0) is 6.54 Å². The highest BCUT2D eigenvalue weighted by Gasteiger charge is 2.18. The Morgan fingerprint density at radius 1 is 1.30 bits per heavy atom. The molecule has 1 atom stereocenters. The first-order valence-corrected chi connectivity index (χ1v) is 7.89. The van der Waals surface area contributed by atoms with Gasteiger partial charge in [-0.05, 0) is 52.0 Å². The first kappa shape index (κ1) is 15.3. The largest absolute Gasteiger partial charge is 0.356 e. The first-order chi connectivity index (χ1) is 9.46. The van der Waals surface area contributed by atoms with Gasteiger partial charge in [-0.1, -0.05) is 13.0 Å². The summed E-state index contributed by atoms with van der Waals surface area (Å²) in [6.07, 6.45) is 5.83. The van der Waals surface area contributed by atoms with Crippen molar-refractivity contribution in [3.05, 3.63) is 23.9 Å². The minimum atomic E-state index is 0.139. The Kier molecular flexibility index (Phi) is 5.03. The van der Waals surface area contributed by atoms with Crippen LogP contribution in [0.5, 0.6) is 0 Å². The molecule has 3 heteroatoms. The highest BCUT2D eigenvalue weighted by molar-refractivity contribution is 5.46. The van der Waals surface area contributed by atoms with E-state index in [1.54, 1.807) is 0 Å². The highest BCUT2D eigenvalue weighted by atomic mass is 15.2. The monoisotopic (exact) mass is 275 g/mol. The lowest BCUT2D eigenvalue weighted by atomic mass is 10.0. The van der Waals surface area contributed by atoms with Crippen molar-refractivity contribution >= 4 is 5.82 Å². The van der Waals surface area contributed by atoms with Crippen molar-refractivity contribution in [3.63, 3.8) is 0 Å². The number of hydrogen-bond donors (Lipinski definition) is 1. The number of rotatable bonds is 3. The van der Waals surface area contributed by atoms with E-state index in [9.17, 15) is 0 Å². The summed E-state index contributed by atoms with van der Waals surface area (Å²) in [7, 11) is 0. The van der Waals surface area contributed by atoms with Crippen molar-refractivity contribution in [3.8, 4) is 0 Å². The molecule has 1 saturated heterocycles. The van der Waals surface area contributed by atoms with Crippen LogP contribution in [0.4, 0.5) is 5.82 Å². The molecule has 3 nitrogen and oxygen atoms in total. The van der Waals surface area contributed by atoms with Gasteiger partial charge in [-0.25, -0.2) is 4.98 Å². The topological polar surface area (TPSA) is 28.2 Å². The fourth-order valence-electron chi connectivity index (χ4n) is 2.69. The summed E-state index contributed by atoms with van der Waals surface area (Å²) in [5.74, 6) is 2.03. The van der Waals surface area contributed by atoms with Crippen LogP contribution in [-0.4, -0.2) is 23.6 Å². The zero-order chi connectivity index (χ0) is 14.6. The Balaban J connectivity index is 2.10. The Hall–Kier alpha value is -1.09. The molecule has 1 unspecified atom stereocenters. The molecular weight excluding hydrogens is 246 g/mol. The fraction of sp³-hybridized carbons (Fsp3) is 0.706. The first-order valence-electron chi connectivity index (χ1n) is 7.89. The minimum absolute atomic E-state index is 0.139. The Labute approximate surface area is 123 Å². The van der Waals surface area contributed by atoms with Crippen LogP contribution >= 0.6 is 0 Å². The quantitative estimate of drug-likeness (QED) is 0.913. The van der Waals surface area contributed by atoms with Crippen molar-refractivity contribution in [2.75, 3.05) is 18.0 Å². The third-order valence-corrected chi connectivity index (χ3v) is 3.99. The van der Waals surface area contributed by atoms with E-state index < -0.39 is 0 Å². The summed E-state index contributed by atoms with van der Waals surface area (Å²) in [6.45, 7) is 12.2. The molecule has 1 aromatic rings. The zero-order valence-corrected chi connectivity index (χ0v) is 13.4. The Bertz CT molecular complexity index is 422. The van der Waals surface area contributed by atoms with Gasteiger partial charge in [-0.15, -0.1) is 0 Å². The Morgan fingerprint density at radius 2 is 2.10 bits per heavy atom. The van der Waals surface area contributed by atoms with E-state index in [1.807, 2.05) is 12.3 Å². The molecule has 112 valence electrons. The van der Waals surface area contributed by atoms with Gasteiger partial charge in [0.05, 0.1) is 0 Å². The van der Waals surface area contributed by atoms with Crippen LogP contribution in [0.2, 0.25) is 0 Å². The normalized spacial score (nSPS) is 20.8.